The van der Waals surface area contributed by atoms with Crippen LogP contribution in [0, 0.1) is 13.8 Å². The Hall–Kier alpha value is -0.910. The maximum Gasteiger partial charge on any atom is 0.128 e. The Morgan fingerprint density at radius 2 is 2.14 bits per heavy atom. The van der Waals surface area contributed by atoms with Crippen molar-refractivity contribution in [1.29, 1.82) is 0 Å². The molecule has 2 heterocycles. The molecule has 3 nitrogen and oxygen atoms in total. The smallest absolute Gasteiger partial charge is 0.128 e. The van der Waals surface area contributed by atoms with Crippen LogP contribution in [-0.2, 0) is 6.42 Å². The Balaban J connectivity index is 2.29. The number of aromatic nitrogens is 1. The molecule has 0 bridgehead atoms. The predicted molar refractivity (Wildman–Crippen MR) is 92.4 cm³/mol. The summed E-state index contributed by atoms with van der Waals surface area (Å²) >= 11 is 5.31. The van der Waals surface area contributed by atoms with Crippen LogP contribution in [0.3, 0.4) is 0 Å². The van der Waals surface area contributed by atoms with Crippen molar-refractivity contribution in [1.82, 2.24) is 10.3 Å². The molecule has 0 saturated heterocycles. The van der Waals surface area contributed by atoms with Gasteiger partial charge in [-0.25, -0.2) is 0 Å². The third kappa shape index (κ3) is 3.84. The summed E-state index contributed by atoms with van der Waals surface area (Å²) in [6, 6.07) is 4.55. The van der Waals surface area contributed by atoms with Crippen molar-refractivity contribution < 1.29 is 4.74 Å². The van der Waals surface area contributed by atoms with E-state index in [9.17, 15) is 0 Å². The first kappa shape index (κ1) is 16.5. The van der Waals surface area contributed by atoms with Gasteiger partial charge in [0.1, 0.15) is 5.75 Å². The molecule has 0 aliphatic rings. The molecule has 1 N–H and O–H groups in total. The highest BCUT2D eigenvalue weighted by atomic mass is 79.9. The second kappa shape index (κ2) is 7.38. The Kier molecular flexibility index (Phi) is 5.79. The van der Waals surface area contributed by atoms with E-state index in [1.54, 1.807) is 18.4 Å². The molecule has 0 aliphatic heterocycles. The van der Waals surface area contributed by atoms with E-state index in [2.05, 4.69) is 52.2 Å². The molecule has 21 heavy (non-hydrogen) atoms. The third-order valence-electron chi connectivity index (χ3n) is 3.54. The minimum Gasteiger partial charge on any atom is -0.496 e. The summed E-state index contributed by atoms with van der Waals surface area (Å²) in [5, 5.41) is 3.55. The summed E-state index contributed by atoms with van der Waals surface area (Å²) in [7, 11) is 1.72. The number of hydrogen-bond donors (Lipinski definition) is 1. The van der Waals surface area contributed by atoms with Crippen molar-refractivity contribution in [3.05, 3.63) is 43.8 Å². The van der Waals surface area contributed by atoms with Crippen LogP contribution in [0.5, 0.6) is 5.75 Å². The molecule has 0 fully saturated rings. The van der Waals surface area contributed by atoms with Gasteiger partial charge in [0.05, 0.1) is 10.9 Å². The fourth-order valence-electron chi connectivity index (χ4n) is 2.51. The molecule has 2 aromatic rings. The lowest BCUT2D eigenvalue weighted by atomic mass is 10.0. The van der Waals surface area contributed by atoms with Gasteiger partial charge < -0.3 is 10.1 Å². The second-order valence-electron chi connectivity index (χ2n) is 5.00. The van der Waals surface area contributed by atoms with Crippen LogP contribution in [0.2, 0.25) is 0 Å². The van der Waals surface area contributed by atoms with Crippen molar-refractivity contribution in [3.8, 4) is 5.75 Å². The first-order chi connectivity index (χ1) is 10.1. The second-order valence-corrected chi connectivity index (χ2v) is 7.50. The molecule has 2 aromatic heterocycles. The minimum atomic E-state index is 0.282. The van der Waals surface area contributed by atoms with Crippen molar-refractivity contribution in [2.45, 2.75) is 33.2 Å². The van der Waals surface area contributed by atoms with E-state index in [0.29, 0.717) is 0 Å². The van der Waals surface area contributed by atoms with E-state index >= 15 is 0 Å². The molecule has 2 rings (SSSR count). The molecule has 0 aliphatic carbocycles. The van der Waals surface area contributed by atoms with Gasteiger partial charge in [-0.05, 0) is 48.5 Å². The first-order valence-corrected chi connectivity index (χ1v) is 8.65. The maximum atomic E-state index is 5.50. The molecule has 1 atom stereocenters. The highest BCUT2D eigenvalue weighted by Gasteiger charge is 2.17. The van der Waals surface area contributed by atoms with Gasteiger partial charge in [0.15, 0.2) is 0 Å². The first-order valence-electron chi connectivity index (χ1n) is 7.04. The number of thiophene rings is 1. The minimum absolute atomic E-state index is 0.282. The lowest BCUT2D eigenvalue weighted by Crippen LogP contribution is -2.23. The molecule has 0 aromatic carbocycles. The molecule has 1 unspecified atom stereocenters. The number of nitrogens with zero attached hydrogens (tertiary/aromatic N) is 1. The summed E-state index contributed by atoms with van der Waals surface area (Å²) in [4.78, 5) is 5.94. The molecule has 0 saturated carbocycles. The van der Waals surface area contributed by atoms with E-state index in [-0.39, 0.29) is 6.04 Å². The highest BCUT2D eigenvalue weighted by molar-refractivity contribution is 9.11. The van der Waals surface area contributed by atoms with Gasteiger partial charge in [0, 0.05) is 40.4 Å². The van der Waals surface area contributed by atoms with Crippen LogP contribution in [0.4, 0.5) is 0 Å². The molecule has 0 amide bonds. The van der Waals surface area contributed by atoms with Gasteiger partial charge in [0.2, 0.25) is 0 Å². The highest BCUT2D eigenvalue weighted by Crippen LogP contribution is 2.31. The monoisotopic (exact) mass is 368 g/mol. The number of aryl methyl sites for hydroxylation is 1. The number of ether oxygens (including phenoxy) is 1. The predicted octanol–water partition coefficient (Wildman–Crippen LogP) is 4.42. The quantitative estimate of drug-likeness (QED) is 0.818. The number of hydrogen-bond acceptors (Lipinski definition) is 4. The zero-order valence-corrected chi connectivity index (χ0v) is 15.3. The summed E-state index contributed by atoms with van der Waals surface area (Å²) in [6.07, 6.45) is 2.76. The number of pyridine rings is 1. The van der Waals surface area contributed by atoms with Crippen molar-refractivity contribution in [3.63, 3.8) is 0 Å². The molecular weight excluding hydrogens is 348 g/mol. The molecule has 0 radical (unpaired) electrons. The van der Waals surface area contributed by atoms with Crippen LogP contribution in [-0.4, -0.2) is 18.6 Å². The third-order valence-corrected chi connectivity index (χ3v) is 5.27. The Morgan fingerprint density at radius 1 is 1.38 bits per heavy atom. The summed E-state index contributed by atoms with van der Waals surface area (Å²) in [5.41, 5.74) is 3.31. The van der Waals surface area contributed by atoms with E-state index in [4.69, 9.17) is 4.74 Å². The van der Waals surface area contributed by atoms with Gasteiger partial charge in [0.25, 0.3) is 0 Å². The van der Waals surface area contributed by atoms with Crippen molar-refractivity contribution >= 4 is 27.3 Å². The maximum absolute atomic E-state index is 5.50. The van der Waals surface area contributed by atoms with Crippen LogP contribution in [0.25, 0.3) is 0 Å². The van der Waals surface area contributed by atoms with Gasteiger partial charge >= 0.3 is 0 Å². The molecule has 0 spiro atoms. The van der Waals surface area contributed by atoms with Gasteiger partial charge in [-0.3, -0.25) is 4.98 Å². The number of likely N-dealkylation sites (N-methyl/N-ethyl adjacent to an activating group) is 1. The topological polar surface area (TPSA) is 34.2 Å². The zero-order valence-electron chi connectivity index (χ0n) is 12.9. The SMILES string of the molecule is CCNC(Cc1ncc(C)c(OC)c1C)c1ccc(Br)s1. The number of halogens is 1. The van der Waals surface area contributed by atoms with E-state index in [1.165, 1.54) is 4.88 Å². The average Bonchev–Trinajstić information content (AvgIpc) is 2.88. The van der Waals surface area contributed by atoms with Gasteiger partial charge in [-0.1, -0.05) is 6.92 Å². The van der Waals surface area contributed by atoms with E-state index < -0.39 is 0 Å². The zero-order chi connectivity index (χ0) is 15.4. The number of methoxy groups -OCH3 is 1. The van der Waals surface area contributed by atoms with E-state index in [1.807, 2.05) is 13.1 Å². The van der Waals surface area contributed by atoms with Crippen LogP contribution < -0.4 is 10.1 Å². The van der Waals surface area contributed by atoms with Crippen LogP contribution in [0.15, 0.2) is 22.1 Å². The Morgan fingerprint density at radius 3 is 2.71 bits per heavy atom. The van der Waals surface area contributed by atoms with E-state index in [0.717, 1.165) is 39.3 Å². The Labute approximate surface area is 138 Å². The van der Waals surface area contributed by atoms with Gasteiger partial charge in [-0.2, -0.15) is 0 Å². The summed E-state index contributed by atoms with van der Waals surface area (Å²) in [6.45, 7) is 7.18. The van der Waals surface area contributed by atoms with Crippen molar-refractivity contribution in [2.24, 2.45) is 0 Å². The van der Waals surface area contributed by atoms with Gasteiger partial charge in [-0.15, -0.1) is 11.3 Å². The fraction of sp³-hybridized carbons (Fsp3) is 0.438. The lowest BCUT2D eigenvalue weighted by Gasteiger charge is -2.19. The van der Waals surface area contributed by atoms with Crippen LogP contribution in [0.1, 0.15) is 34.7 Å². The summed E-state index contributed by atoms with van der Waals surface area (Å²) < 4.78 is 6.66. The van der Waals surface area contributed by atoms with Crippen LogP contribution >= 0.6 is 27.3 Å². The normalized spacial score (nSPS) is 12.4. The molecular formula is C16H21BrN2OS. The number of rotatable bonds is 6. The average molecular weight is 369 g/mol. The summed E-state index contributed by atoms with van der Waals surface area (Å²) in [5.74, 6) is 0.947. The fourth-order valence-corrected chi connectivity index (χ4v) is 4.00. The Bertz CT molecular complexity index is 612. The number of nitrogens with one attached hydrogen (secondary N) is 1. The molecule has 5 heteroatoms. The lowest BCUT2D eigenvalue weighted by molar-refractivity contribution is 0.406. The standard InChI is InChI=1S/C16H21BrN2OS/c1-5-18-13(14-6-7-15(17)21-14)8-12-11(3)16(20-4)10(2)9-19-12/h6-7,9,13,18H,5,8H2,1-4H3. The largest absolute Gasteiger partial charge is 0.496 e. The molecule has 114 valence electrons. The van der Waals surface area contributed by atoms with Crippen molar-refractivity contribution in [2.75, 3.05) is 13.7 Å².